The van der Waals surface area contributed by atoms with Crippen LogP contribution in [0.2, 0.25) is 0 Å². The predicted octanol–water partition coefficient (Wildman–Crippen LogP) is -0.256. The fourth-order valence-corrected chi connectivity index (χ4v) is 2.25. The van der Waals surface area contributed by atoms with Gasteiger partial charge in [-0.2, -0.15) is 5.10 Å². The Balaban J connectivity index is 0.000000236. The molecule has 8 heteroatoms. The normalized spacial score (nSPS) is 16.1. The van der Waals surface area contributed by atoms with Gasteiger partial charge in [-0.3, -0.25) is 9.59 Å². The van der Waals surface area contributed by atoms with Gasteiger partial charge in [0.1, 0.15) is 6.10 Å². The van der Waals surface area contributed by atoms with E-state index in [1.165, 1.54) is 15.8 Å². The number of nitrogens with zero attached hydrogens (tertiary/aromatic N) is 3. The highest BCUT2D eigenvalue weighted by atomic mass is 16.3. The number of rotatable bonds is 2. The van der Waals surface area contributed by atoms with Crippen LogP contribution >= 0.6 is 0 Å². The van der Waals surface area contributed by atoms with E-state index < -0.39 is 12.0 Å². The van der Waals surface area contributed by atoms with Crippen LogP contribution in [0.3, 0.4) is 0 Å². The monoisotopic (exact) mass is 341 g/mol. The lowest BCUT2D eigenvalue weighted by Gasteiger charge is -2.04. The fraction of sp³-hybridized carbons (Fsp3) is 0.235. The number of aliphatic hydroxyl groups excluding tert-OH is 1. The minimum atomic E-state index is -0.722. The van der Waals surface area contributed by atoms with Crippen molar-refractivity contribution < 1.29 is 14.7 Å². The molecule has 1 fully saturated rings. The van der Waals surface area contributed by atoms with Crippen molar-refractivity contribution in [2.75, 3.05) is 19.3 Å². The van der Waals surface area contributed by atoms with Crippen molar-refractivity contribution >= 4 is 17.5 Å². The summed E-state index contributed by atoms with van der Waals surface area (Å²) in [4.78, 5) is 23.1. The van der Waals surface area contributed by atoms with Crippen LogP contribution in [0.25, 0.3) is 5.69 Å². The smallest absolute Gasteiger partial charge is 0.271 e. The molecule has 1 aromatic carbocycles. The molecule has 1 saturated heterocycles. The molecule has 1 aliphatic rings. The van der Waals surface area contributed by atoms with Gasteiger partial charge in [0, 0.05) is 19.2 Å². The molecule has 25 heavy (non-hydrogen) atoms. The lowest BCUT2D eigenvalue weighted by molar-refractivity contribution is -0.133. The molecule has 1 unspecified atom stereocenters. The van der Waals surface area contributed by atoms with Crippen molar-refractivity contribution in [3.05, 3.63) is 41.7 Å². The largest absolute Gasteiger partial charge is 0.396 e. The minimum absolute atomic E-state index is 0.0520. The van der Waals surface area contributed by atoms with Crippen molar-refractivity contribution in [1.82, 2.24) is 14.7 Å². The zero-order valence-corrected chi connectivity index (χ0v) is 13.7. The average molecular weight is 341 g/mol. The molecule has 2 heterocycles. The van der Waals surface area contributed by atoms with E-state index in [1.54, 1.807) is 31.3 Å². The average Bonchev–Trinajstić information content (AvgIpc) is 3.13. The number of aliphatic hydroxyl groups is 1. The van der Waals surface area contributed by atoms with Crippen LogP contribution in [0.15, 0.2) is 30.5 Å². The van der Waals surface area contributed by atoms with E-state index in [1.807, 2.05) is 0 Å². The second kappa shape index (κ2) is 7.51. The molecule has 0 bridgehead atoms. The molecule has 2 aromatic rings. The minimum Gasteiger partial charge on any atom is -0.396 e. The van der Waals surface area contributed by atoms with Crippen molar-refractivity contribution in [2.24, 2.45) is 5.73 Å². The number of nitrogen functional groups attached to an aromatic ring is 1. The summed E-state index contributed by atoms with van der Waals surface area (Å²) in [7, 11) is 1.69. The molecule has 1 aliphatic heterocycles. The van der Waals surface area contributed by atoms with E-state index in [9.17, 15) is 9.59 Å². The summed E-state index contributed by atoms with van der Waals surface area (Å²) in [5, 5.41) is 12.8. The number of terminal acetylenes is 1. The van der Waals surface area contributed by atoms with Gasteiger partial charge in [0.05, 0.1) is 17.6 Å². The summed E-state index contributed by atoms with van der Waals surface area (Å²) < 4.78 is 1.47. The number of primary amides is 1. The standard InChI is InChI=1S/C12H10N4O.C5H9NO2/c1-2-8-4-3-5-9(6-8)16-7-10(13)11(15-16)12(14)17;1-6-3-2-4(7)5(6)8/h1,3-7H,13H2,(H2,14,17);4,7H,2-3H2,1H3. The Labute approximate surface area is 145 Å². The maximum Gasteiger partial charge on any atom is 0.271 e. The number of aromatic nitrogens is 2. The number of carbonyl (C=O) groups is 2. The molecule has 0 spiro atoms. The van der Waals surface area contributed by atoms with Gasteiger partial charge in [-0.1, -0.05) is 12.0 Å². The van der Waals surface area contributed by atoms with Crippen LogP contribution in [0, 0.1) is 12.3 Å². The van der Waals surface area contributed by atoms with Gasteiger partial charge in [-0.05, 0) is 24.6 Å². The third-order valence-electron chi connectivity index (χ3n) is 3.65. The summed E-state index contributed by atoms with van der Waals surface area (Å²) in [6.07, 6.45) is 6.70. The summed E-state index contributed by atoms with van der Waals surface area (Å²) in [5.74, 6) is 1.71. The van der Waals surface area contributed by atoms with Gasteiger partial charge in [0.25, 0.3) is 11.8 Å². The fourth-order valence-electron chi connectivity index (χ4n) is 2.25. The zero-order valence-electron chi connectivity index (χ0n) is 13.7. The van der Waals surface area contributed by atoms with E-state index in [4.69, 9.17) is 23.0 Å². The molecule has 1 atom stereocenters. The number of benzene rings is 1. The summed E-state index contributed by atoms with van der Waals surface area (Å²) in [5.41, 5.74) is 12.5. The molecule has 1 aromatic heterocycles. The van der Waals surface area contributed by atoms with Crippen LogP contribution in [0.5, 0.6) is 0 Å². The first kappa shape index (κ1) is 18.0. The molecule has 3 rings (SSSR count). The SMILES string of the molecule is C#Cc1cccc(-n2cc(N)c(C(N)=O)n2)c1.CN1CCC(O)C1=O. The first-order chi connectivity index (χ1) is 11.8. The second-order valence-corrected chi connectivity index (χ2v) is 5.50. The highest BCUT2D eigenvalue weighted by Gasteiger charge is 2.25. The molecule has 5 N–H and O–H groups in total. The third kappa shape index (κ3) is 4.16. The first-order valence-electron chi connectivity index (χ1n) is 7.48. The Hall–Kier alpha value is -3.31. The zero-order chi connectivity index (χ0) is 18.6. The number of likely N-dealkylation sites (N-methyl/N-ethyl adjacent to an activating group) is 1. The van der Waals surface area contributed by atoms with Crippen LogP contribution < -0.4 is 11.5 Å². The van der Waals surface area contributed by atoms with E-state index in [-0.39, 0.29) is 17.3 Å². The molecular formula is C17H19N5O3. The van der Waals surface area contributed by atoms with Gasteiger partial charge < -0.3 is 21.5 Å². The number of hydrogen-bond acceptors (Lipinski definition) is 5. The van der Waals surface area contributed by atoms with Gasteiger partial charge in [-0.25, -0.2) is 4.68 Å². The van der Waals surface area contributed by atoms with Crippen LogP contribution in [0.4, 0.5) is 5.69 Å². The maximum absolute atomic E-state index is 11.0. The number of carbonyl (C=O) groups excluding carboxylic acids is 2. The number of anilines is 1. The maximum atomic E-state index is 11.0. The van der Waals surface area contributed by atoms with Gasteiger partial charge >= 0.3 is 0 Å². The van der Waals surface area contributed by atoms with Gasteiger partial charge in [0.15, 0.2) is 5.69 Å². The van der Waals surface area contributed by atoms with Crippen molar-refractivity contribution in [1.29, 1.82) is 0 Å². The number of amides is 2. The number of hydrogen-bond donors (Lipinski definition) is 3. The summed E-state index contributed by atoms with van der Waals surface area (Å²) >= 11 is 0. The molecule has 2 amide bonds. The molecule has 0 radical (unpaired) electrons. The Morgan fingerprint density at radius 2 is 2.20 bits per heavy atom. The Morgan fingerprint density at radius 3 is 2.64 bits per heavy atom. The van der Waals surface area contributed by atoms with Crippen molar-refractivity contribution in [2.45, 2.75) is 12.5 Å². The topological polar surface area (TPSA) is 127 Å². The quantitative estimate of drug-likeness (QED) is 0.649. The lowest BCUT2D eigenvalue weighted by Crippen LogP contribution is -2.24. The van der Waals surface area contributed by atoms with E-state index in [0.717, 1.165) is 11.3 Å². The highest BCUT2D eigenvalue weighted by Crippen LogP contribution is 2.14. The molecule has 0 saturated carbocycles. The number of likely N-dealkylation sites (tertiary alicyclic amines) is 1. The Morgan fingerprint density at radius 1 is 1.48 bits per heavy atom. The number of nitrogens with two attached hydrogens (primary N) is 2. The van der Waals surface area contributed by atoms with E-state index in [0.29, 0.717) is 13.0 Å². The molecule has 130 valence electrons. The van der Waals surface area contributed by atoms with Crippen LogP contribution in [-0.2, 0) is 4.79 Å². The predicted molar refractivity (Wildman–Crippen MR) is 92.7 cm³/mol. The molecule has 0 aliphatic carbocycles. The van der Waals surface area contributed by atoms with Gasteiger partial charge in [0.2, 0.25) is 0 Å². The van der Waals surface area contributed by atoms with Gasteiger partial charge in [-0.15, -0.1) is 6.42 Å². The summed E-state index contributed by atoms with van der Waals surface area (Å²) in [6.45, 7) is 0.694. The Kier molecular flexibility index (Phi) is 5.41. The highest BCUT2D eigenvalue weighted by molar-refractivity contribution is 5.95. The second-order valence-electron chi connectivity index (χ2n) is 5.50. The van der Waals surface area contributed by atoms with E-state index in [2.05, 4.69) is 11.0 Å². The third-order valence-corrected chi connectivity index (χ3v) is 3.65. The van der Waals surface area contributed by atoms with Crippen molar-refractivity contribution in [3.8, 4) is 18.0 Å². The molecular weight excluding hydrogens is 322 g/mol. The van der Waals surface area contributed by atoms with Crippen LogP contribution in [0.1, 0.15) is 22.5 Å². The van der Waals surface area contributed by atoms with Crippen LogP contribution in [-0.4, -0.2) is 51.3 Å². The summed E-state index contributed by atoms with van der Waals surface area (Å²) in [6, 6.07) is 7.16. The Bertz CT molecular complexity index is 825. The van der Waals surface area contributed by atoms with Crippen molar-refractivity contribution in [3.63, 3.8) is 0 Å². The first-order valence-corrected chi connectivity index (χ1v) is 7.48. The lowest BCUT2D eigenvalue weighted by atomic mass is 10.2. The van der Waals surface area contributed by atoms with E-state index >= 15 is 0 Å². The molecule has 8 nitrogen and oxygen atoms in total.